The normalized spacial score (nSPS) is 10.4. The van der Waals surface area contributed by atoms with Crippen LogP contribution < -0.4 is 15.8 Å². The number of thiazole rings is 1. The predicted molar refractivity (Wildman–Crippen MR) is 142 cm³/mol. The summed E-state index contributed by atoms with van der Waals surface area (Å²) in [5.41, 5.74) is 10.6. The third-order valence-electron chi connectivity index (χ3n) is 5.10. The maximum atomic E-state index is 10.0. The summed E-state index contributed by atoms with van der Waals surface area (Å²) >= 11 is 2.84. The van der Waals surface area contributed by atoms with Crippen LogP contribution >= 0.6 is 23.1 Å². The molecule has 0 saturated heterocycles. The third kappa shape index (κ3) is 5.75. The number of nitrogen functional groups attached to an aromatic ring is 1. The number of hydrogen-bond acceptors (Lipinski definition) is 10. The van der Waals surface area contributed by atoms with Crippen molar-refractivity contribution in [3.05, 3.63) is 76.3 Å². The van der Waals surface area contributed by atoms with Gasteiger partial charge in [0.25, 0.3) is 0 Å². The molecule has 10 heteroatoms. The zero-order valence-corrected chi connectivity index (χ0v) is 21.0. The Kier molecular flexibility index (Phi) is 8.03. The molecule has 2 aromatic heterocycles. The molecule has 2 heterocycles. The van der Waals surface area contributed by atoms with Crippen molar-refractivity contribution in [3.63, 3.8) is 0 Å². The van der Waals surface area contributed by atoms with Crippen LogP contribution in [0.3, 0.4) is 0 Å². The summed E-state index contributed by atoms with van der Waals surface area (Å²) in [6.07, 6.45) is 0. The largest absolute Gasteiger partial charge is 0.491 e. The maximum absolute atomic E-state index is 10.0. The van der Waals surface area contributed by atoms with Crippen molar-refractivity contribution in [2.75, 3.05) is 24.3 Å². The highest BCUT2D eigenvalue weighted by Crippen LogP contribution is 2.37. The summed E-state index contributed by atoms with van der Waals surface area (Å²) in [6, 6.07) is 19.3. The smallest absolute Gasteiger partial charge is 0.187 e. The number of hydrogen-bond donors (Lipinski definition) is 3. The zero-order valence-electron chi connectivity index (χ0n) is 19.4. The number of pyridine rings is 1. The van der Waals surface area contributed by atoms with E-state index in [0.717, 1.165) is 22.1 Å². The molecular weight excluding hydrogens is 492 g/mol. The van der Waals surface area contributed by atoms with E-state index in [9.17, 15) is 10.5 Å². The van der Waals surface area contributed by atoms with Crippen LogP contribution in [-0.2, 0) is 5.75 Å². The van der Waals surface area contributed by atoms with Crippen LogP contribution in [0.4, 0.5) is 16.6 Å². The second-order valence-corrected chi connectivity index (χ2v) is 9.50. The van der Waals surface area contributed by atoms with Gasteiger partial charge >= 0.3 is 0 Å². The lowest BCUT2D eigenvalue weighted by molar-refractivity contribution is 0.201. The van der Waals surface area contributed by atoms with Crippen LogP contribution in [-0.4, -0.2) is 28.3 Å². The Morgan fingerprint density at radius 3 is 2.58 bits per heavy atom. The van der Waals surface area contributed by atoms with Gasteiger partial charge in [0.1, 0.15) is 40.9 Å². The van der Waals surface area contributed by atoms with Gasteiger partial charge in [-0.05, 0) is 42.3 Å². The summed E-state index contributed by atoms with van der Waals surface area (Å²) in [6.45, 7) is 2.11. The summed E-state index contributed by atoms with van der Waals surface area (Å²) < 4.78 is 5.41. The molecule has 0 fully saturated rings. The molecule has 0 aliphatic rings. The molecule has 8 nitrogen and oxygen atoms in total. The molecule has 36 heavy (non-hydrogen) atoms. The number of aliphatic hydroxyl groups excluding tert-OH is 1. The molecule has 0 unspecified atom stereocenters. The third-order valence-corrected chi connectivity index (χ3v) is 6.91. The van der Waals surface area contributed by atoms with Crippen LogP contribution in [0, 0.1) is 29.6 Å². The molecule has 4 aromatic rings. The van der Waals surface area contributed by atoms with Crippen molar-refractivity contribution in [1.82, 2.24) is 9.97 Å². The Morgan fingerprint density at radius 2 is 1.89 bits per heavy atom. The second kappa shape index (κ2) is 11.6. The Balaban J connectivity index is 1.58. The average Bonchev–Trinajstić information content (AvgIpc) is 3.33. The van der Waals surface area contributed by atoms with E-state index >= 15 is 0 Å². The first-order valence-corrected chi connectivity index (χ1v) is 12.8. The first kappa shape index (κ1) is 25.0. The number of nitrogens with zero attached hydrogens (tertiary/aromatic N) is 4. The molecule has 4 rings (SSSR count). The van der Waals surface area contributed by atoms with E-state index in [-0.39, 0.29) is 30.2 Å². The fourth-order valence-electron chi connectivity index (χ4n) is 3.49. The minimum absolute atomic E-state index is 0.0645. The number of aryl methyl sites for hydroxylation is 1. The Labute approximate surface area is 217 Å². The zero-order chi connectivity index (χ0) is 25.5. The van der Waals surface area contributed by atoms with Gasteiger partial charge in [0.15, 0.2) is 5.13 Å². The van der Waals surface area contributed by atoms with Gasteiger partial charge in [-0.2, -0.15) is 10.5 Å². The Morgan fingerprint density at radius 1 is 1.11 bits per heavy atom. The number of aromatic nitrogens is 2. The highest BCUT2D eigenvalue weighted by molar-refractivity contribution is 7.98. The van der Waals surface area contributed by atoms with Crippen molar-refractivity contribution in [2.45, 2.75) is 17.7 Å². The van der Waals surface area contributed by atoms with Crippen molar-refractivity contribution in [3.8, 4) is 29.0 Å². The van der Waals surface area contributed by atoms with Crippen molar-refractivity contribution >= 4 is 39.7 Å². The molecule has 0 radical (unpaired) electrons. The first-order chi connectivity index (χ1) is 17.5. The number of nitrogens with two attached hydrogens (primary N) is 1. The van der Waals surface area contributed by atoms with Gasteiger partial charge in [-0.15, -0.1) is 11.3 Å². The monoisotopic (exact) mass is 514 g/mol. The number of nitrogens with one attached hydrogen (secondary N) is 1. The summed E-state index contributed by atoms with van der Waals surface area (Å²) in [5.74, 6) is 1.11. The van der Waals surface area contributed by atoms with E-state index in [2.05, 4.69) is 27.4 Å². The molecule has 2 aromatic carbocycles. The summed E-state index contributed by atoms with van der Waals surface area (Å²) in [4.78, 5) is 9.00. The highest BCUT2D eigenvalue weighted by Gasteiger charge is 2.21. The molecule has 0 bridgehead atoms. The summed E-state index contributed by atoms with van der Waals surface area (Å²) in [5, 5.41) is 35.1. The number of thioether (sulfide) groups is 1. The molecule has 4 N–H and O–H groups in total. The highest BCUT2D eigenvalue weighted by atomic mass is 32.2. The standard InChI is InChI=1S/C26H22N6O2S2/c1-16-3-2-4-18(11-16)30-26-31-19(15-36-26)14-35-25-22(13-28)23(21(12-27)24(29)32-25)17-5-7-20(8-6-17)34-10-9-33/h2-8,11,15,33H,9-10,14H2,1H3,(H2,29,32)(H,30,31). The fraction of sp³-hybridized carbons (Fsp3) is 0.154. The van der Waals surface area contributed by atoms with E-state index in [0.29, 0.717) is 27.7 Å². The molecular formula is C26H22N6O2S2. The van der Waals surface area contributed by atoms with Gasteiger partial charge in [0.2, 0.25) is 0 Å². The number of anilines is 3. The number of ether oxygens (including phenoxy) is 1. The molecule has 0 aliphatic carbocycles. The van der Waals surface area contributed by atoms with E-state index in [1.807, 2.05) is 36.6 Å². The van der Waals surface area contributed by atoms with Gasteiger partial charge in [-0.3, -0.25) is 0 Å². The van der Waals surface area contributed by atoms with Gasteiger partial charge < -0.3 is 20.9 Å². The van der Waals surface area contributed by atoms with Crippen LogP contribution in [0.5, 0.6) is 5.75 Å². The lowest BCUT2D eigenvalue weighted by Crippen LogP contribution is -2.04. The van der Waals surface area contributed by atoms with Crippen molar-refractivity contribution in [2.24, 2.45) is 0 Å². The van der Waals surface area contributed by atoms with E-state index < -0.39 is 0 Å². The lowest BCUT2D eigenvalue weighted by atomic mass is 9.97. The number of aliphatic hydroxyl groups is 1. The second-order valence-electron chi connectivity index (χ2n) is 7.67. The van der Waals surface area contributed by atoms with E-state index in [1.54, 1.807) is 24.3 Å². The van der Waals surface area contributed by atoms with Gasteiger partial charge in [-0.25, -0.2) is 9.97 Å². The van der Waals surface area contributed by atoms with Crippen molar-refractivity contribution in [1.29, 1.82) is 10.5 Å². The fourth-order valence-corrected chi connectivity index (χ4v) is 5.22. The lowest BCUT2D eigenvalue weighted by Gasteiger charge is -2.13. The molecule has 0 amide bonds. The molecule has 0 spiro atoms. The number of rotatable bonds is 9. The van der Waals surface area contributed by atoms with Gasteiger partial charge in [0, 0.05) is 22.4 Å². The molecule has 0 aliphatic heterocycles. The van der Waals surface area contributed by atoms with Crippen LogP contribution in [0.25, 0.3) is 11.1 Å². The van der Waals surface area contributed by atoms with Crippen LogP contribution in [0.2, 0.25) is 0 Å². The Bertz CT molecular complexity index is 1460. The van der Waals surface area contributed by atoms with Crippen LogP contribution in [0.1, 0.15) is 22.4 Å². The predicted octanol–water partition coefficient (Wildman–Crippen LogP) is 5.25. The molecule has 0 saturated carbocycles. The minimum atomic E-state index is -0.0944. The molecule has 180 valence electrons. The quantitative estimate of drug-likeness (QED) is 0.255. The number of nitriles is 2. The van der Waals surface area contributed by atoms with Crippen LogP contribution in [0.15, 0.2) is 58.9 Å². The summed E-state index contributed by atoms with van der Waals surface area (Å²) in [7, 11) is 0. The average molecular weight is 515 g/mol. The van der Waals surface area contributed by atoms with E-state index in [4.69, 9.17) is 15.6 Å². The van der Waals surface area contributed by atoms with Gasteiger partial charge in [-0.1, -0.05) is 36.0 Å². The molecule has 0 atom stereocenters. The topological polar surface area (TPSA) is 141 Å². The Hall–Kier alpha value is -4.09. The van der Waals surface area contributed by atoms with Gasteiger partial charge in [0.05, 0.1) is 17.9 Å². The minimum Gasteiger partial charge on any atom is -0.491 e. The van der Waals surface area contributed by atoms with Crippen molar-refractivity contribution < 1.29 is 9.84 Å². The maximum Gasteiger partial charge on any atom is 0.187 e. The first-order valence-electron chi connectivity index (χ1n) is 10.9. The number of benzene rings is 2. The SMILES string of the molecule is Cc1cccc(Nc2nc(CSc3nc(N)c(C#N)c(-c4ccc(OCCO)cc4)c3C#N)cs2)c1. The van der Waals surface area contributed by atoms with E-state index in [1.165, 1.54) is 23.1 Å².